The Morgan fingerprint density at radius 1 is 1.64 bits per heavy atom. The maximum atomic E-state index is 8.37. The molecule has 1 N–H and O–H groups in total. The summed E-state index contributed by atoms with van der Waals surface area (Å²) in [6.45, 7) is 1.78. The molecule has 5 heteroatoms. The molecule has 2 heterocycles. The van der Waals surface area contributed by atoms with E-state index in [1.54, 1.807) is 18.3 Å². The minimum atomic E-state index is 0.552. The molecule has 4 nitrogen and oxygen atoms in total. The molecule has 0 saturated heterocycles. The van der Waals surface area contributed by atoms with Gasteiger partial charge in [-0.3, -0.25) is 0 Å². The summed E-state index contributed by atoms with van der Waals surface area (Å²) in [5.41, 5.74) is 0.552. The van der Waals surface area contributed by atoms with Crippen LogP contribution in [-0.2, 0) is 0 Å². The van der Waals surface area contributed by atoms with Crippen LogP contribution in [0.1, 0.15) is 11.5 Å². The van der Waals surface area contributed by atoms with Crippen LogP contribution in [-0.4, -0.2) is 16.4 Å². The van der Waals surface area contributed by atoms with Gasteiger partial charge in [-0.15, -0.1) is 11.3 Å². The number of aryl methyl sites for hydroxylation is 1. The summed E-state index contributed by atoms with van der Waals surface area (Å²) in [5.74, 6) is 1.21. The molecule has 0 atom stereocenters. The molecule has 0 aliphatic rings. The fourth-order valence-corrected chi connectivity index (χ4v) is 1.74. The van der Waals surface area contributed by atoms with Gasteiger partial charge in [0.25, 0.3) is 0 Å². The molecule has 0 aliphatic carbocycles. The molecule has 0 unspecified atom stereocenters. The number of hydrogen-bond acceptors (Lipinski definition) is 5. The second kappa shape index (κ2) is 3.63. The summed E-state index contributed by atoms with van der Waals surface area (Å²) >= 11 is 1.55. The Kier molecular flexibility index (Phi) is 2.32. The minimum absolute atomic E-state index is 0.552. The third kappa shape index (κ3) is 1.54. The van der Waals surface area contributed by atoms with Crippen molar-refractivity contribution in [2.45, 2.75) is 6.92 Å². The van der Waals surface area contributed by atoms with Gasteiger partial charge in [-0.05, 0) is 18.4 Å². The first-order chi connectivity index (χ1) is 6.81. The summed E-state index contributed by atoms with van der Waals surface area (Å²) in [6.07, 6.45) is 1.26. The average Bonchev–Trinajstić information content (AvgIpc) is 2.76. The highest BCUT2D eigenvalue weighted by Crippen LogP contribution is 2.25. The number of nitrogens with zero attached hydrogens (tertiary/aromatic N) is 2. The van der Waals surface area contributed by atoms with Crippen molar-refractivity contribution in [3.63, 3.8) is 0 Å². The highest BCUT2D eigenvalue weighted by molar-refractivity contribution is 7.13. The highest BCUT2D eigenvalue weighted by atomic mass is 32.1. The third-order valence-electron chi connectivity index (χ3n) is 1.74. The molecule has 0 bridgehead atoms. The molecular weight excluding hydrogens is 200 g/mol. The van der Waals surface area contributed by atoms with Crippen molar-refractivity contribution in [1.82, 2.24) is 4.98 Å². The first-order valence-corrected chi connectivity index (χ1v) is 4.88. The summed E-state index contributed by atoms with van der Waals surface area (Å²) in [6, 6.07) is 3.86. The smallest absolute Gasteiger partial charge is 0.237 e. The van der Waals surface area contributed by atoms with Crippen molar-refractivity contribution in [1.29, 1.82) is 0 Å². The second-order valence-corrected chi connectivity index (χ2v) is 3.63. The fourth-order valence-electron chi connectivity index (χ4n) is 1.09. The van der Waals surface area contributed by atoms with Gasteiger partial charge in [0, 0.05) is 0 Å². The van der Waals surface area contributed by atoms with Crippen LogP contribution in [0.2, 0.25) is 0 Å². The van der Waals surface area contributed by atoms with E-state index in [2.05, 4.69) is 10.1 Å². The van der Waals surface area contributed by atoms with Crippen LogP contribution in [0.25, 0.3) is 10.8 Å². The van der Waals surface area contributed by atoms with E-state index in [1.165, 1.54) is 6.21 Å². The van der Waals surface area contributed by atoms with Crippen LogP contribution in [0.4, 0.5) is 0 Å². The van der Waals surface area contributed by atoms with Crippen LogP contribution in [0.5, 0.6) is 0 Å². The van der Waals surface area contributed by atoms with E-state index in [-0.39, 0.29) is 0 Å². The molecular formula is C9H8N2O2S. The fraction of sp³-hybridized carbons (Fsp3) is 0.111. The molecule has 0 aliphatic heterocycles. The number of oxime groups is 1. The monoisotopic (exact) mass is 208 g/mol. The van der Waals surface area contributed by atoms with E-state index in [4.69, 9.17) is 9.62 Å². The van der Waals surface area contributed by atoms with Gasteiger partial charge in [-0.1, -0.05) is 11.2 Å². The topological polar surface area (TPSA) is 58.6 Å². The molecule has 14 heavy (non-hydrogen) atoms. The van der Waals surface area contributed by atoms with Gasteiger partial charge in [0.1, 0.15) is 11.5 Å². The average molecular weight is 208 g/mol. The van der Waals surface area contributed by atoms with E-state index < -0.39 is 0 Å². The molecule has 0 amide bonds. The van der Waals surface area contributed by atoms with Gasteiger partial charge in [0.05, 0.1) is 11.1 Å². The van der Waals surface area contributed by atoms with E-state index in [1.807, 2.05) is 17.5 Å². The molecule has 2 aromatic heterocycles. The van der Waals surface area contributed by atoms with E-state index in [9.17, 15) is 0 Å². The maximum Gasteiger partial charge on any atom is 0.237 e. The molecule has 2 aromatic rings. The number of hydrogen-bond donors (Lipinski definition) is 1. The van der Waals surface area contributed by atoms with Crippen molar-refractivity contribution in [2.24, 2.45) is 5.16 Å². The zero-order valence-corrected chi connectivity index (χ0v) is 8.28. The largest absolute Gasteiger partial charge is 0.440 e. The minimum Gasteiger partial charge on any atom is -0.440 e. The van der Waals surface area contributed by atoms with E-state index in [0.717, 1.165) is 4.88 Å². The molecule has 0 saturated carbocycles. The van der Waals surface area contributed by atoms with E-state index >= 15 is 0 Å². The number of aromatic nitrogens is 1. The molecule has 0 fully saturated rings. The standard InChI is InChI=1S/C9H8N2O2S/c1-6-7(5-10-12)11-9(13-6)8-3-2-4-14-8/h2-5,12H,1H3. The van der Waals surface area contributed by atoms with Crippen LogP contribution in [0, 0.1) is 6.92 Å². The van der Waals surface area contributed by atoms with Crippen LogP contribution >= 0.6 is 11.3 Å². The van der Waals surface area contributed by atoms with E-state index in [0.29, 0.717) is 17.3 Å². The Morgan fingerprint density at radius 3 is 3.14 bits per heavy atom. The van der Waals surface area contributed by atoms with Crippen LogP contribution in [0.3, 0.4) is 0 Å². The lowest BCUT2D eigenvalue weighted by molar-refractivity contribution is 0.321. The first kappa shape index (κ1) is 8.96. The number of thiophene rings is 1. The van der Waals surface area contributed by atoms with Crippen molar-refractivity contribution in [3.8, 4) is 10.8 Å². The second-order valence-electron chi connectivity index (χ2n) is 2.68. The Balaban J connectivity index is 2.42. The van der Waals surface area contributed by atoms with Crippen molar-refractivity contribution >= 4 is 17.6 Å². The first-order valence-electron chi connectivity index (χ1n) is 4.00. The molecule has 72 valence electrons. The lowest BCUT2D eigenvalue weighted by Gasteiger charge is -1.84. The summed E-state index contributed by atoms with van der Waals surface area (Å²) in [4.78, 5) is 5.14. The van der Waals surface area contributed by atoms with Crippen LogP contribution < -0.4 is 0 Å². The van der Waals surface area contributed by atoms with Gasteiger partial charge in [-0.2, -0.15) is 0 Å². The van der Waals surface area contributed by atoms with Gasteiger partial charge < -0.3 is 9.62 Å². The molecule has 0 radical (unpaired) electrons. The normalized spacial score (nSPS) is 11.2. The van der Waals surface area contributed by atoms with Gasteiger partial charge in [0.15, 0.2) is 0 Å². The zero-order valence-electron chi connectivity index (χ0n) is 7.47. The Labute approximate surface area is 84.5 Å². The van der Waals surface area contributed by atoms with Crippen molar-refractivity contribution in [2.75, 3.05) is 0 Å². The highest BCUT2D eigenvalue weighted by Gasteiger charge is 2.10. The quantitative estimate of drug-likeness (QED) is 0.468. The Morgan fingerprint density at radius 2 is 2.50 bits per heavy atom. The predicted molar refractivity (Wildman–Crippen MR) is 53.9 cm³/mol. The molecule has 2 rings (SSSR count). The third-order valence-corrected chi connectivity index (χ3v) is 2.60. The zero-order chi connectivity index (χ0) is 9.97. The van der Waals surface area contributed by atoms with Crippen molar-refractivity contribution < 1.29 is 9.62 Å². The van der Waals surface area contributed by atoms with Gasteiger partial charge in [0.2, 0.25) is 5.89 Å². The lowest BCUT2D eigenvalue weighted by Crippen LogP contribution is -1.83. The molecule has 0 aromatic carbocycles. The Bertz CT molecular complexity index is 445. The summed E-state index contributed by atoms with van der Waals surface area (Å²) in [7, 11) is 0. The predicted octanol–water partition coefficient (Wildman–Crippen LogP) is 2.52. The maximum absolute atomic E-state index is 8.37. The lowest BCUT2D eigenvalue weighted by atomic mass is 10.4. The summed E-state index contributed by atoms with van der Waals surface area (Å²) in [5, 5.41) is 13.2. The van der Waals surface area contributed by atoms with Crippen molar-refractivity contribution in [3.05, 3.63) is 29.0 Å². The van der Waals surface area contributed by atoms with Gasteiger partial charge in [-0.25, -0.2) is 4.98 Å². The molecule has 0 spiro atoms. The summed E-state index contributed by atoms with van der Waals surface area (Å²) < 4.78 is 5.41. The van der Waals surface area contributed by atoms with Crippen LogP contribution in [0.15, 0.2) is 27.1 Å². The number of rotatable bonds is 2. The number of oxazole rings is 1. The van der Waals surface area contributed by atoms with Gasteiger partial charge >= 0.3 is 0 Å². The Hall–Kier alpha value is -1.62. The SMILES string of the molecule is Cc1oc(-c2cccs2)nc1C=NO.